The minimum absolute atomic E-state index is 0.555. The Labute approximate surface area is 158 Å². The minimum atomic E-state index is 0.555. The third kappa shape index (κ3) is 6.23. The molecule has 2 rings (SSSR count). The molecule has 0 atom stereocenters. The third-order valence-corrected chi connectivity index (χ3v) is 4.95. The zero-order valence-corrected chi connectivity index (χ0v) is 16.2. The predicted octanol–water partition coefficient (Wildman–Crippen LogP) is 5.13. The Morgan fingerprint density at radius 3 is 2.62 bits per heavy atom. The van der Waals surface area contributed by atoms with E-state index in [1.54, 1.807) is 13.2 Å². The van der Waals surface area contributed by atoms with Crippen molar-refractivity contribution in [3.8, 4) is 5.75 Å². The number of rotatable bonds is 7. The molecule has 0 fully saturated rings. The molecule has 0 aromatic heterocycles. The zero-order valence-electron chi connectivity index (χ0n) is 13.8. The molecule has 3 nitrogen and oxygen atoms in total. The first-order chi connectivity index (χ1) is 11.6. The molecule has 0 saturated carbocycles. The zero-order chi connectivity index (χ0) is 17.4. The van der Waals surface area contributed by atoms with Gasteiger partial charge in [-0.1, -0.05) is 29.3 Å². The SMILES string of the molecule is COc1ccc(NC(=S)NCCCSc2ccc(C)cc2)cc1Cl. The van der Waals surface area contributed by atoms with E-state index in [2.05, 4.69) is 41.8 Å². The molecular formula is C18H21ClN2OS2. The maximum absolute atomic E-state index is 6.10. The van der Waals surface area contributed by atoms with Gasteiger partial charge in [0.1, 0.15) is 5.75 Å². The van der Waals surface area contributed by atoms with Gasteiger partial charge in [0.05, 0.1) is 12.1 Å². The van der Waals surface area contributed by atoms with Gasteiger partial charge in [-0.15, -0.1) is 11.8 Å². The number of benzene rings is 2. The summed E-state index contributed by atoms with van der Waals surface area (Å²) >= 11 is 13.2. The van der Waals surface area contributed by atoms with Gasteiger partial charge in [-0.3, -0.25) is 0 Å². The minimum Gasteiger partial charge on any atom is -0.495 e. The van der Waals surface area contributed by atoms with Crippen LogP contribution < -0.4 is 15.4 Å². The molecule has 2 N–H and O–H groups in total. The molecule has 24 heavy (non-hydrogen) atoms. The average Bonchev–Trinajstić information content (AvgIpc) is 2.56. The molecule has 0 aliphatic carbocycles. The lowest BCUT2D eigenvalue weighted by Gasteiger charge is -2.11. The van der Waals surface area contributed by atoms with Crippen LogP contribution in [0.4, 0.5) is 5.69 Å². The van der Waals surface area contributed by atoms with E-state index in [1.807, 2.05) is 23.9 Å². The number of halogens is 1. The first kappa shape index (κ1) is 18.9. The molecule has 0 saturated heterocycles. The number of anilines is 1. The van der Waals surface area contributed by atoms with Crippen LogP contribution >= 0.6 is 35.6 Å². The van der Waals surface area contributed by atoms with Gasteiger partial charge in [-0.05, 0) is 61.6 Å². The highest BCUT2D eigenvalue weighted by Gasteiger charge is 2.03. The van der Waals surface area contributed by atoms with Crippen LogP contribution in [0.5, 0.6) is 5.75 Å². The second kappa shape index (κ2) is 9.77. The lowest BCUT2D eigenvalue weighted by Crippen LogP contribution is -2.29. The predicted molar refractivity (Wildman–Crippen MR) is 109 cm³/mol. The highest BCUT2D eigenvalue weighted by molar-refractivity contribution is 7.99. The van der Waals surface area contributed by atoms with Crippen molar-refractivity contribution in [1.82, 2.24) is 5.32 Å². The number of hydrogen-bond acceptors (Lipinski definition) is 3. The molecule has 0 aliphatic rings. The Hall–Kier alpha value is -1.43. The Bertz CT molecular complexity index is 677. The molecule has 0 radical (unpaired) electrons. The van der Waals surface area contributed by atoms with Crippen molar-refractivity contribution in [2.24, 2.45) is 0 Å². The van der Waals surface area contributed by atoms with Gasteiger partial charge in [-0.25, -0.2) is 0 Å². The van der Waals surface area contributed by atoms with Gasteiger partial charge in [-0.2, -0.15) is 0 Å². The molecule has 2 aromatic carbocycles. The van der Waals surface area contributed by atoms with E-state index in [4.69, 9.17) is 28.6 Å². The van der Waals surface area contributed by atoms with E-state index in [-0.39, 0.29) is 0 Å². The average molecular weight is 381 g/mol. The largest absolute Gasteiger partial charge is 0.495 e. The molecule has 0 amide bonds. The van der Waals surface area contributed by atoms with Crippen molar-refractivity contribution in [3.05, 3.63) is 53.1 Å². The van der Waals surface area contributed by atoms with Crippen LogP contribution in [0.25, 0.3) is 0 Å². The lowest BCUT2D eigenvalue weighted by atomic mass is 10.2. The fourth-order valence-electron chi connectivity index (χ4n) is 2.02. The van der Waals surface area contributed by atoms with Gasteiger partial charge in [0, 0.05) is 17.1 Å². The molecule has 0 bridgehead atoms. The summed E-state index contributed by atoms with van der Waals surface area (Å²) in [6.45, 7) is 2.93. The van der Waals surface area contributed by atoms with Crippen molar-refractivity contribution in [2.75, 3.05) is 24.7 Å². The Balaban J connectivity index is 1.66. The highest BCUT2D eigenvalue weighted by Crippen LogP contribution is 2.27. The first-order valence-corrected chi connectivity index (χ1v) is 9.43. The van der Waals surface area contributed by atoms with E-state index >= 15 is 0 Å². The lowest BCUT2D eigenvalue weighted by molar-refractivity contribution is 0.415. The first-order valence-electron chi connectivity index (χ1n) is 7.66. The van der Waals surface area contributed by atoms with Crippen LogP contribution in [0.3, 0.4) is 0 Å². The van der Waals surface area contributed by atoms with Crippen molar-refractivity contribution in [1.29, 1.82) is 0 Å². The number of methoxy groups -OCH3 is 1. The highest BCUT2D eigenvalue weighted by atomic mass is 35.5. The number of nitrogens with one attached hydrogen (secondary N) is 2. The van der Waals surface area contributed by atoms with E-state index in [9.17, 15) is 0 Å². The van der Waals surface area contributed by atoms with Crippen LogP contribution in [0.2, 0.25) is 5.02 Å². The van der Waals surface area contributed by atoms with Gasteiger partial charge in [0.25, 0.3) is 0 Å². The van der Waals surface area contributed by atoms with E-state index in [0.29, 0.717) is 15.9 Å². The number of thioether (sulfide) groups is 1. The van der Waals surface area contributed by atoms with Crippen LogP contribution in [-0.2, 0) is 0 Å². The number of aryl methyl sites for hydroxylation is 1. The third-order valence-electron chi connectivity index (χ3n) is 3.31. The van der Waals surface area contributed by atoms with E-state index in [0.717, 1.165) is 24.4 Å². The summed E-state index contributed by atoms with van der Waals surface area (Å²) in [5, 5.41) is 7.48. The fourth-order valence-corrected chi connectivity index (χ4v) is 3.35. The van der Waals surface area contributed by atoms with Crippen molar-refractivity contribution in [2.45, 2.75) is 18.2 Å². The summed E-state index contributed by atoms with van der Waals surface area (Å²) in [7, 11) is 1.59. The Morgan fingerprint density at radius 1 is 1.21 bits per heavy atom. The summed E-state index contributed by atoms with van der Waals surface area (Å²) in [4.78, 5) is 1.30. The number of ether oxygens (including phenoxy) is 1. The summed E-state index contributed by atoms with van der Waals surface area (Å²) < 4.78 is 5.13. The summed E-state index contributed by atoms with van der Waals surface area (Å²) in [6, 6.07) is 14.1. The Kier molecular flexibility index (Phi) is 7.69. The van der Waals surface area contributed by atoms with Crippen LogP contribution in [-0.4, -0.2) is 24.5 Å². The second-order valence-electron chi connectivity index (χ2n) is 5.25. The monoisotopic (exact) mass is 380 g/mol. The van der Waals surface area contributed by atoms with Crippen LogP contribution in [0.15, 0.2) is 47.4 Å². The molecule has 6 heteroatoms. The van der Waals surface area contributed by atoms with Crippen molar-refractivity contribution in [3.63, 3.8) is 0 Å². The normalized spacial score (nSPS) is 10.3. The topological polar surface area (TPSA) is 33.3 Å². The summed E-state index contributed by atoms with van der Waals surface area (Å²) in [5.41, 5.74) is 2.13. The van der Waals surface area contributed by atoms with Gasteiger partial charge < -0.3 is 15.4 Å². The molecule has 0 heterocycles. The van der Waals surface area contributed by atoms with Crippen LogP contribution in [0, 0.1) is 6.92 Å². The quantitative estimate of drug-likeness (QED) is 0.395. The summed E-state index contributed by atoms with van der Waals surface area (Å²) in [5.74, 6) is 1.70. The second-order valence-corrected chi connectivity index (χ2v) is 7.23. The van der Waals surface area contributed by atoms with E-state index in [1.165, 1.54) is 10.5 Å². The van der Waals surface area contributed by atoms with Crippen molar-refractivity contribution < 1.29 is 4.74 Å². The molecular weight excluding hydrogens is 360 g/mol. The van der Waals surface area contributed by atoms with Crippen molar-refractivity contribution >= 4 is 46.4 Å². The Morgan fingerprint density at radius 2 is 1.96 bits per heavy atom. The van der Waals surface area contributed by atoms with Crippen LogP contribution in [0.1, 0.15) is 12.0 Å². The maximum atomic E-state index is 6.10. The molecule has 128 valence electrons. The van der Waals surface area contributed by atoms with Gasteiger partial charge in [0.2, 0.25) is 0 Å². The standard InChI is InChI=1S/C18H21ClN2OS2/c1-13-4-7-15(8-5-13)24-11-3-10-20-18(23)21-14-6-9-17(22-2)16(19)12-14/h4-9,12H,3,10-11H2,1-2H3,(H2,20,21,23). The van der Waals surface area contributed by atoms with Gasteiger partial charge >= 0.3 is 0 Å². The van der Waals surface area contributed by atoms with Gasteiger partial charge in [0.15, 0.2) is 5.11 Å². The molecule has 0 spiro atoms. The molecule has 2 aromatic rings. The van der Waals surface area contributed by atoms with E-state index < -0.39 is 0 Å². The number of thiocarbonyl (C=S) groups is 1. The smallest absolute Gasteiger partial charge is 0.170 e. The number of hydrogen-bond donors (Lipinski definition) is 2. The maximum Gasteiger partial charge on any atom is 0.170 e. The molecule has 0 unspecified atom stereocenters. The summed E-state index contributed by atoms with van der Waals surface area (Å²) in [6.07, 6.45) is 1.03. The molecule has 0 aliphatic heterocycles. The fraction of sp³-hybridized carbons (Fsp3) is 0.278.